The predicted octanol–water partition coefficient (Wildman–Crippen LogP) is 10.9. The molecule has 10 rings (SSSR count). The van der Waals surface area contributed by atoms with Crippen LogP contribution in [-0.2, 0) is 24.4 Å². The van der Waals surface area contributed by atoms with Crippen molar-refractivity contribution in [1.29, 1.82) is 0 Å². The number of anilines is 2. The number of oxazole rings is 1. The summed E-state index contributed by atoms with van der Waals surface area (Å²) in [7, 11) is 3.96. The fraction of sp³-hybridized carbons (Fsp3) is 0.448. The first kappa shape index (κ1) is 51.7. The molecule has 3 saturated carbocycles. The number of ether oxygens (including phenoxy) is 1. The molecule has 3 aliphatic rings. The second-order valence-corrected chi connectivity index (χ2v) is 21.0. The smallest absolute Gasteiger partial charge is 0.284 e. The number of carbonyl (C=O) groups is 2. The fourth-order valence-corrected chi connectivity index (χ4v) is 10.1. The molecule has 0 saturated heterocycles. The Balaban J connectivity index is 0.578. The Hall–Kier alpha value is -6.82. The lowest BCUT2D eigenvalue weighted by molar-refractivity contribution is 0.0756. The number of pyridine rings is 1. The maximum atomic E-state index is 14.2. The molecule has 394 valence electrons. The summed E-state index contributed by atoms with van der Waals surface area (Å²) in [6.07, 6.45) is 13.7. The number of nitrogens with zero attached hydrogens (tertiary/aromatic N) is 8. The number of fused-ring (bicyclic) bond motifs is 1. The van der Waals surface area contributed by atoms with Crippen LogP contribution in [0.25, 0.3) is 33.5 Å². The van der Waals surface area contributed by atoms with Crippen molar-refractivity contribution in [3.63, 3.8) is 0 Å². The lowest BCUT2D eigenvalue weighted by atomic mass is 9.86. The SMILES string of the molecule is CN(CCCOCCCN(C)C(=O)c1ccc(CNCc2ccc(-c3ccc4c(cnn4CC4CC4)c3)cc2)cc1)C[C@H]1CC[C@H](n2cc(NC(=O)c3coc(-c4ccnc(NCC5CC5)c4)n3)c(C(F)F)n2)CC1. The highest BCUT2D eigenvalue weighted by atomic mass is 19.3. The molecule has 0 aliphatic heterocycles. The van der Waals surface area contributed by atoms with Crippen molar-refractivity contribution in [3.05, 3.63) is 132 Å². The number of aromatic nitrogens is 6. The van der Waals surface area contributed by atoms with E-state index in [0.29, 0.717) is 55.1 Å². The van der Waals surface area contributed by atoms with Gasteiger partial charge in [-0.15, -0.1) is 0 Å². The number of hydrogen-bond donors (Lipinski definition) is 3. The Kier molecular flexibility index (Phi) is 16.7. The van der Waals surface area contributed by atoms with E-state index in [-0.39, 0.29) is 29.2 Å². The molecule has 3 aromatic carbocycles. The third-order valence-electron chi connectivity index (χ3n) is 14.9. The molecule has 0 atom stereocenters. The molecule has 0 radical (unpaired) electrons. The third-order valence-corrected chi connectivity index (χ3v) is 14.9. The van der Waals surface area contributed by atoms with Gasteiger partial charge in [0.15, 0.2) is 11.4 Å². The second kappa shape index (κ2) is 24.2. The summed E-state index contributed by atoms with van der Waals surface area (Å²) in [5.41, 5.74) is 6.74. The Morgan fingerprint density at radius 2 is 1.52 bits per heavy atom. The van der Waals surface area contributed by atoms with E-state index in [1.165, 1.54) is 65.7 Å². The summed E-state index contributed by atoms with van der Waals surface area (Å²) in [6, 6.07) is 26.7. The molecule has 15 nitrogen and oxygen atoms in total. The second-order valence-electron chi connectivity index (χ2n) is 21.0. The van der Waals surface area contributed by atoms with Crippen LogP contribution in [0.15, 0.2) is 108 Å². The van der Waals surface area contributed by atoms with E-state index in [1.807, 2.05) is 43.6 Å². The summed E-state index contributed by atoms with van der Waals surface area (Å²) in [5, 5.41) is 19.5. The first-order valence-electron chi connectivity index (χ1n) is 26.8. The van der Waals surface area contributed by atoms with E-state index in [2.05, 4.69) is 95.2 Å². The lowest BCUT2D eigenvalue weighted by Gasteiger charge is -2.31. The summed E-state index contributed by atoms with van der Waals surface area (Å²) in [4.78, 5) is 39.1. The zero-order valence-electron chi connectivity index (χ0n) is 43.1. The minimum atomic E-state index is -2.86. The van der Waals surface area contributed by atoms with Crippen LogP contribution in [0, 0.1) is 17.8 Å². The van der Waals surface area contributed by atoms with Gasteiger partial charge in [0.25, 0.3) is 18.2 Å². The van der Waals surface area contributed by atoms with Crippen LogP contribution < -0.4 is 16.0 Å². The number of halogens is 2. The van der Waals surface area contributed by atoms with Gasteiger partial charge in [0.1, 0.15) is 12.1 Å². The van der Waals surface area contributed by atoms with Gasteiger partial charge in [-0.05, 0) is 148 Å². The molecule has 4 heterocycles. The van der Waals surface area contributed by atoms with E-state index in [1.54, 1.807) is 21.8 Å². The molecule has 3 aliphatic carbocycles. The van der Waals surface area contributed by atoms with E-state index >= 15 is 0 Å². The molecule has 17 heteroatoms. The lowest BCUT2D eigenvalue weighted by Crippen LogP contribution is -2.30. The Morgan fingerprint density at radius 3 is 2.25 bits per heavy atom. The Morgan fingerprint density at radius 1 is 0.813 bits per heavy atom. The summed E-state index contributed by atoms with van der Waals surface area (Å²) >= 11 is 0. The topological polar surface area (TPSA) is 160 Å². The molecular formula is C58H69F2N11O4. The van der Waals surface area contributed by atoms with Gasteiger partial charge in [-0.3, -0.25) is 19.0 Å². The molecular weight excluding hydrogens is 953 g/mol. The van der Waals surface area contributed by atoms with Crippen LogP contribution in [0.4, 0.5) is 20.3 Å². The Labute approximate surface area is 437 Å². The molecule has 3 N–H and O–H groups in total. The number of nitrogens with one attached hydrogen (secondary N) is 3. The summed E-state index contributed by atoms with van der Waals surface area (Å²) in [6.45, 7) is 7.00. The molecule has 7 aromatic rings. The highest BCUT2D eigenvalue weighted by Gasteiger charge is 2.29. The fourth-order valence-electron chi connectivity index (χ4n) is 10.1. The van der Waals surface area contributed by atoms with Crippen LogP contribution >= 0.6 is 0 Å². The van der Waals surface area contributed by atoms with Crippen molar-refractivity contribution >= 4 is 34.2 Å². The zero-order chi connectivity index (χ0) is 51.7. The standard InChI is InChI=1S/C58H69F2N11O4/c1-68(35-42-13-20-49(21-14-42)70-37-50(54(67-70)55(59)60)65-56(72)51-38-75-57(66-51)47-23-24-62-53(30-47)63-33-41-5-6-41)25-3-27-74-28-4-26-69(2)58(73)45-17-11-40(12-18-45)32-61-31-39-9-15-44(16-10-39)46-19-22-52-48(29-46)34-64-71(52)36-43-7-8-43/h9-12,15-19,22-24,29-30,34,37-38,41-43,49,55,61H,3-8,13-14,20-21,25-28,31-33,35-36H2,1-2H3,(H,62,63)(H,65,72)/t42-,49-. The number of carbonyl (C=O) groups excluding carboxylic acids is 2. The number of benzene rings is 3. The van der Waals surface area contributed by atoms with E-state index in [0.717, 1.165) is 82.7 Å². The molecule has 3 fully saturated rings. The summed E-state index contributed by atoms with van der Waals surface area (Å²) in [5.74, 6) is 2.22. The predicted molar refractivity (Wildman–Crippen MR) is 286 cm³/mol. The van der Waals surface area contributed by atoms with Crippen molar-refractivity contribution in [2.24, 2.45) is 17.8 Å². The molecule has 4 aromatic heterocycles. The van der Waals surface area contributed by atoms with Crippen molar-refractivity contribution in [3.8, 4) is 22.6 Å². The van der Waals surface area contributed by atoms with Crippen molar-refractivity contribution in [1.82, 2.24) is 44.6 Å². The average Bonchev–Trinajstić information content (AvgIpc) is 4.29. The zero-order valence-corrected chi connectivity index (χ0v) is 43.1. The van der Waals surface area contributed by atoms with Gasteiger partial charge in [-0.1, -0.05) is 42.5 Å². The number of alkyl halides is 2. The quantitative estimate of drug-likeness (QED) is 0.0443. The van der Waals surface area contributed by atoms with Crippen molar-refractivity contribution < 1.29 is 27.5 Å². The van der Waals surface area contributed by atoms with Crippen LogP contribution in [-0.4, -0.2) is 105 Å². The number of rotatable bonds is 26. The van der Waals surface area contributed by atoms with Crippen LogP contribution in [0.1, 0.15) is 114 Å². The first-order chi connectivity index (χ1) is 36.6. The van der Waals surface area contributed by atoms with Gasteiger partial charge in [0, 0.05) is 95.0 Å². The summed E-state index contributed by atoms with van der Waals surface area (Å²) < 4.78 is 43.7. The minimum Gasteiger partial charge on any atom is -0.444 e. The largest absolute Gasteiger partial charge is 0.444 e. The molecule has 75 heavy (non-hydrogen) atoms. The van der Waals surface area contributed by atoms with E-state index < -0.39 is 18.0 Å². The number of hydrogen-bond acceptors (Lipinski definition) is 11. The highest BCUT2D eigenvalue weighted by Crippen LogP contribution is 2.36. The van der Waals surface area contributed by atoms with E-state index in [9.17, 15) is 18.4 Å². The van der Waals surface area contributed by atoms with Crippen LogP contribution in [0.5, 0.6) is 0 Å². The minimum absolute atomic E-state index is 0.00159. The molecule has 0 spiro atoms. The van der Waals surface area contributed by atoms with Gasteiger partial charge in [0.05, 0.1) is 23.4 Å². The van der Waals surface area contributed by atoms with Gasteiger partial charge in [-0.2, -0.15) is 10.2 Å². The monoisotopic (exact) mass is 1020 g/mol. The van der Waals surface area contributed by atoms with Gasteiger partial charge in [-0.25, -0.2) is 18.7 Å². The molecule has 0 unspecified atom stereocenters. The van der Waals surface area contributed by atoms with Gasteiger partial charge < -0.3 is 34.9 Å². The highest BCUT2D eigenvalue weighted by molar-refractivity contribution is 6.03. The van der Waals surface area contributed by atoms with Crippen LogP contribution in [0.2, 0.25) is 0 Å². The Bertz CT molecular complexity index is 2990. The van der Waals surface area contributed by atoms with Crippen LogP contribution in [0.3, 0.4) is 0 Å². The first-order valence-corrected chi connectivity index (χ1v) is 26.8. The average molecular weight is 1020 g/mol. The molecule has 0 bridgehead atoms. The number of amides is 2. The molecule has 2 amide bonds. The van der Waals surface area contributed by atoms with Gasteiger partial charge >= 0.3 is 0 Å². The maximum Gasteiger partial charge on any atom is 0.284 e. The maximum absolute atomic E-state index is 14.2. The third kappa shape index (κ3) is 13.9. The van der Waals surface area contributed by atoms with Gasteiger partial charge in [0.2, 0.25) is 5.89 Å². The van der Waals surface area contributed by atoms with Crippen molar-refractivity contribution in [2.75, 3.05) is 64.1 Å². The van der Waals surface area contributed by atoms with E-state index in [4.69, 9.17) is 9.15 Å². The normalized spacial score (nSPS) is 16.8. The van der Waals surface area contributed by atoms with Crippen molar-refractivity contribution in [2.45, 2.75) is 96.3 Å².